The molecule has 6 nitrogen and oxygen atoms in total. The molecule has 7 heteroatoms. The molecule has 0 amide bonds. The average Bonchev–Trinajstić information content (AvgIpc) is 2.39. The number of aromatic amines is 1. The maximum absolute atomic E-state index is 10.5. The van der Waals surface area contributed by atoms with E-state index in [1.807, 2.05) is 0 Å². The molecule has 0 saturated carbocycles. The SMILES string of the molecule is O=S(=O)(CO)Oc1ccn[nH]1. The van der Waals surface area contributed by atoms with Crippen LogP contribution < -0.4 is 4.18 Å². The molecule has 1 aromatic heterocycles. The second kappa shape index (κ2) is 2.89. The van der Waals surface area contributed by atoms with E-state index in [2.05, 4.69) is 14.4 Å². The molecule has 0 radical (unpaired) electrons. The Morgan fingerprint density at radius 2 is 2.45 bits per heavy atom. The van der Waals surface area contributed by atoms with Crippen molar-refractivity contribution in [3.8, 4) is 5.88 Å². The predicted molar refractivity (Wildman–Crippen MR) is 35.2 cm³/mol. The Kier molecular flexibility index (Phi) is 2.11. The highest BCUT2D eigenvalue weighted by atomic mass is 32.2. The Morgan fingerprint density at radius 3 is 2.91 bits per heavy atom. The quantitative estimate of drug-likeness (QED) is 0.583. The zero-order chi connectivity index (χ0) is 8.32. The van der Waals surface area contributed by atoms with E-state index in [4.69, 9.17) is 5.11 Å². The van der Waals surface area contributed by atoms with Crippen molar-refractivity contribution in [3.05, 3.63) is 12.3 Å². The van der Waals surface area contributed by atoms with Gasteiger partial charge in [-0.25, -0.2) is 5.10 Å². The van der Waals surface area contributed by atoms with Crippen LogP contribution in [-0.2, 0) is 10.1 Å². The van der Waals surface area contributed by atoms with Crippen molar-refractivity contribution in [1.29, 1.82) is 0 Å². The van der Waals surface area contributed by atoms with E-state index in [1.54, 1.807) is 0 Å². The number of hydrogen-bond donors (Lipinski definition) is 2. The average molecular weight is 178 g/mol. The van der Waals surface area contributed by atoms with Gasteiger partial charge in [-0.05, 0) is 0 Å². The number of nitrogens with zero attached hydrogens (tertiary/aromatic N) is 1. The molecule has 0 atom stereocenters. The van der Waals surface area contributed by atoms with E-state index in [1.165, 1.54) is 12.3 Å². The summed E-state index contributed by atoms with van der Waals surface area (Å²) in [6, 6.07) is 1.33. The fourth-order valence-electron chi connectivity index (χ4n) is 0.453. The normalized spacial score (nSPS) is 11.4. The standard InChI is InChI=1S/C4H6N2O4S/c7-3-11(8,9)10-4-1-2-5-6-4/h1-2,7H,3H2,(H,5,6). The first-order valence-corrected chi connectivity index (χ1v) is 4.24. The van der Waals surface area contributed by atoms with Gasteiger partial charge in [0.25, 0.3) is 0 Å². The minimum Gasteiger partial charge on any atom is -0.377 e. The molecule has 11 heavy (non-hydrogen) atoms. The summed E-state index contributed by atoms with van der Waals surface area (Å²) in [5.74, 6) is -1.06. The van der Waals surface area contributed by atoms with Gasteiger partial charge in [0.15, 0.2) is 5.94 Å². The van der Waals surface area contributed by atoms with Crippen LogP contribution in [0, 0.1) is 0 Å². The van der Waals surface area contributed by atoms with Gasteiger partial charge in [-0.1, -0.05) is 0 Å². The Labute approximate surface area is 62.9 Å². The van der Waals surface area contributed by atoms with Crippen molar-refractivity contribution in [2.24, 2.45) is 0 Å². The molecule has 0 spiro atoms. The first kappa shape index (κ1) is 8.02. The van der Waals surface area contributed by atoms with Crippen LogP contribution >= 0.6 is 0 Å². The maximum atomic E-state index is 10.5. The maximum Gasteiger partial charge on any atom is 0.334 e. The summed E-state index contributed by atoms with van der Waals surface area (Å²) in [6.07, 6.45) is 1.34. The summed E-state index contributed by atoms with van der Waals surface area (Å²) in [4.78, 5) is 0. The highest BCUT2D eigenvalue weighted by molar-refractivity contribution is 7.86. The molecule has 0 aliphatic rings. The van der Waals surface area contributed by atoms with E-state index in [0.29, 0.717) is 0 Å². The van der Waals surface area contributed by atoms with Crippen LogP contribution in [0.25, 0.3) is 0 Å². The van der Waals surface area contributed by atoms with Gasteiger partial charge in [-0.2, -0.15) is 13.5 Å². The predicted octanol–water partition coefficient (Wildman–Crippen LogP) is -0.932. The molecule has 0 bridgehead atoms. The largest absolute Gasteiger partial charge is 0.377 e. The minimum atomic E-state index is -3.86. The molecule has 0 unspecified atom stereocenters. The van der Waals surface area contributed by atoms with E-state index < -0.39 is 16.1 Å². The summed E-state index contributed by atoms with van der Waals surface area (Å²) in [5, 5.41) is 14.0. The number of nitrogens with one attached hydrogen (secondary N) is 1. The molecule has 1 heterocycles. The first-order chi connectivity index (χ1) is 5.14. The molecule has 0 saturated heterocycles. The van der Waals surface area contributed by atoms with Crippen LogP contribution in [0.15, 0.2) is 12.3 Å². The van der Waals surface area contributed by atoms with Crippen molar-refractivity contribution in [2.75, 3.05) is 5.94 Å². The van der Waals surface area contributed by atoms with Gasteiger partial charge < -0.3 is 9.29 Å². The van der Waals surface area contributed by atoms with Gasteiger partial charge in [0.05, 0.1) is 6.20 Å². The Bertz CT molecular complexity index is 303. The molecule has 62 valence electrons. The van der Waals surface area contributed by atoms with Gasteiger partial charge in [-0.15, -0.1) is 0 Å². The third-order valence-electron chi connectivity index (χ3n) is 0.850. The van der Waals surface area contributed by atoms with Crippen molar-refractivity contribution < 1.29 is 17.7 Å². The molecule has 0 aromatic carbocycles. The fraction of sp³-hybridized carbons (Fsp3) is 0.250. The summed E-state index contributed by atoms with van der Waals surface area (Å²) in [5.41, 5.74) is 0. The first-order valence-electron chi connectivity index (χ1n) is 2.66. The smallest absolute Gasteiger partial charge is 0.334 e. The Hall–Kier alpha value is -1.08. The summed E-state index contributed by atoms with van der Waals surface area (Å²) >= 11 is 0. The molecular formula is C4H6N2O4S. The molecular weight excluding hydrogens is 172 g/mol. The summed E-state index contributed by atoms with van der Waals surface area (Å²) in [7, 11) is -3.86. The van der Waals surface area contributed by atoms with Gasteiger partial charge in [0.1, 0.15) is 0 Å². The molecule has 1 aromatic rings. The van der Waals surface area contributed by atoms with E-state index >= 15 is 0 Å². The second-order valence-corrected chi connectivity index (χ2v) is 3.23. The van der Waals surface area contributed by atoms with Crippen LogP contribution in [0.3, 0.4) is 0 Å². The third kappa shape index (κ3) is 2.20. The number of aromatic nitrogens is 2. The van der Waals surface area contributed by atoms with Crippen molar-refractivity contribution >= 4 is 10.1 Å². The van der Waals surface area contributed by atoms with Crippen molar-refractivity contribution in [3.63, 3.8) is 0 Å². The summed E-state index contributed by atoms with van der Waals surface area (Å²) < 4.78 is 25.4. The molecule has 0 aliphatic heterocycles. The number of aliphatic hydroxyl groups is 1. The fourth-order valence-corrected chi connectivity index (χ4v) is 0.872. The molecule has 0 fully saturated rings. The van der Waals surface area contributed by atoms with Crippen molar-refractivity contribution in [1.82, 2.24) is 10.2 Å². The molecule has 2 N–H and O–H groups in total. The van der Waals surface area contributed by atoms with Crippen LogP contribution in [0.1, 0.15) is 0 Å². The van der Waals surface area contributed by atoms with Crippen molar-refractivity contribution in [2.45, 2.75) is 0 Å². The summed E-state index contributed by atoms with van der Waals surface area (Å²) in [6.45, 7) is 0. The Morgan fingerprint density at radius 1 is 1.73 bits per heavy atom. The number of rotatable bonds is 3. The van der Waals surface area contributed by atoms with Crippen LogP contribution in [-0.4, -0.2) is 29.7 Å². The number of aliphatic hydroxyl groups excluding tert-OH is 1. The van der Waals surface area contributed by atoms with E-state index in [0.717, 1.165) is 0 Å². The highest BCUT2D eigenvalue weighted by Gasteiger charge is 2.10. The van der Waals surface area contributed by atoms with Crippen LogP contribution in [0.5, 0.6) is 5.88 Å². The number of hydrogen-bond acceptors (Lipinski definition) is 5. The Balaban J connectivity index is 2.72. The topological polar surface area (TPSA) is 92.3 Å². The monoisotopic (exact) mass is 178 g/mol. The van der Waals surface area contributed by atoms with Gasteiger partial charge in [0, 0.05) is 6.07 Å². The van der Waals surface area contributed by atoms with Gasteiger partial charge >= 0.3 is 10.1 Å². The highest BCUT2D eigenvalue weighted by Crippen LogP contribution is 2.05. The minimum absolute atomic E-state index is 0.0148. The number of H-pyrrole nitrogens is 1. The molecule has 0 aliphatic carbocycles. The lowest BCUT2D eigenvalue weighted by Crippen LogP contribution is -2.13. The van der Waals surface area contributed by atoms with E-state index in [9.17, 15) is 8.42 Å². The lowest BCUT2D eigenvalue weighted by Gasteiger charge is -1.98. The van der Waals surface area contributed by atoms with Gasteiger partial charge in [-0.3, -0.25) is 0 Å². The third-order valence-corrected chi connectivity index (χ3v) is 1.60. The second-order valence-electron chi connectivity index (χ2n) is 1.69. The zero-order valence-electron chi connectivity index (χ0n) is 5.39. The zero-order valence-corrected chi connectivity index (χ0v) is 6.21. The lowest BCUT2D eigenvalue weighted by atomic mass is 10.7. The van der Waals surface area contributed by atoms with Gasteiger partial charge in [0.2, 0.25) is 5.88 Å². The lowest BCUT2D eigenvalue weighted by molar-refractivity contribution is 0.336. The molecule has 1 rings (SSSR count). The van der Waals surface area contributed by atoms with Crippen LogP contribution in [0.2, 0.25) is 0 Å². The van der Waals surface area contributed by atoms with Crippen LogP contribution in [0.4, 0.5) is 0 Å². The van der Waals surface area contributed by atoms with E-state index in [-0.39, 0.29) is 5.88 Å².